The van der Waals surface area contributed by atoms with Gasteiger partial charge in [0.15, 0.2) is 0 Å². The van der Waals surface area contributed by atoms with Crippen molar-refractivity contribution in [2.75, 3.05) is 25.4 Å². The summed E-state index contributed by atoms with van der Waals surface area (Å²) in [5, 5.41) is 15.6. The molecule has 2 atom stereocenters. The Morgan fingerprint density at radius 2 is 2.25 bits per heavy atom. The van der Waals surface area contributed by atoms with Gasteiger partial charge in [-0.25, -0.2) is 0 Å². The fraction of sp³-hybridized carbons (Fsp3) is 0.500. The van der Waals surface area contributed by atoms with Gasteiger partial charge in [0.2, 0.25) is 5.91 Å². The zero-order chi connectivity index (χ0) is 14.4. The van der Waals surface area contributed by atoms with Gasteiger partial charge >= 0.3 is 0 Å². The first-order valence-electron chi connectivity index (χ1n) is 6.69. The van der Waals surface area contributed by atoms with Gasteiger partial charge in [-0.1, -0.05) is 12.1 Å². The Morgan fingerprint density at radius 3 is 2.95 bits per heavy atom. The van der Waals surface area contributed by atoms with Crippen molar-refractivity contribution in [2.24, 2.45) is 5.92 Å². The summed E-state index contributed by atoms with van der Waals surface area (Å²) in [6.07, 6.45) is 0.146. The molecule has 0 aromatic heterocycles. The molecule has 1 fully saturated rings. The second-order valence-corrected chi connectivity index (χ2v) is 6.81. The van der Waals surface area contributed by atoms with Gasteiger partial charge in [0, 0.05) is 47.1 Å². The molecule has 1 aliphatic rings. The number of carbonyl (C=O) groups excluding carboxylic acids is 1. The highest BCUT2D eigenvalue weighted by molar-refractivity contribution is 9.10. The van der Waals surface area contributed by atoms with E-state index < -0.39 is 0 Å². The molecular formula is C14H19BrN2O2S. The van der Waals surface area contributed by atoms with Crippen molar-refractivity contribution >= 4 is 33.6 Å². The summed E-state index contributed by atoms with van der Waals surface area (Å²) in [6.45, 7) is 1.94. The molecule has 2 unspecified atom stereocenters. The minimum Gasteiger partial charge on any atom is -0.391 e. The molecule has 4 nitrogen and oxygen atoms in total. The molecule has 20 heavy (non-hydrogen) atoms. The lowest BCUT2D eigenvalue weighted by Crippen LogP contribution is -2.34. The fourth-order valence-corrected chi connectivity index (χ4v) is 3.59. The first-order valence-corrected chi connectivity index (χ1v) is 8.47. The van der Waals surface area contributed by atoms with E-state index in [9.17, 15) is 9.90 Å². The second-order valence-electron chi connectivity index (χ2n) is 4.82. The first kappa shape index (κ1) is 15.8. The Hall–Kier alpha value is -0.560. The number of thioether (sulfide) groups is 1. The lowest BCUT2D eigenvalue weighted by atomic mass is 10.1. The van der Waals surface area contributed by atoms with Crippen LogP contribution in [-0.2, 0) is 4.79 Å². The number of nitrogens with one attached hydrogen (secondary N) is 2. The van der Waals surface area contributed by atoms with Crippen LogP contribution in [0.5, 0.6) is 0 Å². The van der Waals surface area contributed by atoms with Crippen LogP contribution in [0.3, 0.4) is 0 Å². The van der Waals surface area contributed by atoms with Gasteiger partial charge in [-0.05, 0) is 28.1 Å². The summed E-state index contributed by atoms with van der Waals surface area (Å²) in [7, 11) is 0. The van der Waals surface area contributed by atoms with Crippen LogP contribution in [0.15, 0.2) is 33.6 Å². The number of hydrogen-bond donors (Lipinski definition) is 3. The Morgan fingerprint density at radius 1 is 1.45 bits per heavy atom. The molecule has 1 aliphatic heterocycles. The third-order valence-corrected chi connectivity index (χ3v) is 5.32. The maximum Gasteiger partial charge on any atom is 0.220 e. The number of carbonyl (C=O) groups is 1. The molecule has 0 aliphatic carbocycles. The summed E-state index contributed by atoms with van der Waals surface area (Å²) in [4.78, 5) is 12.9. The van der Waals surface area contributed by atoms with Crippen molar-refractivity contribution in [3.05, 3.63) is 28.7 Å². The van der Waals surface area contributed by atoms with Gasteiger partial charge in [-0.15, -0.1) is 11.8 Å². The normalized spacial score (nSPS) is 21.9. The van der Waals surface area contributed by atoms with E-state index in [2.05, 4.69) is 26.6 Å². The molecule has 1 aromatic carbocycles. The molecule has 6 heteroatoms. The third kappa shape index (κ3) is 4.77. The first-order chi connectivity index (χ1) is 9.66. The van der Waals surface area contributed by atoms with Gasteiger partial charge < -0.3 is 15.7 Å². The van der Waals surface area contributed by atoms with Gasteiger partial charge in [0.1, 0.15) is 0 Å². The Labute approximate surface area is 131 Å². The molecule has 0 radical (unpaired) electrons. The van der Waals surface area contributed by atoms with Crippen LogP contribution in [0.25, 0.3) is 0 Å². The Bertz CT molecular complexity index is 459. The molecule has 3 N–H and O–H groups in total. The standard InChI is InChI=1S/C14H19BrN2O2S/c15-11-3-1-2-4-13(11)20-6-5-14(19)17-8-10-7-16-9-12(10)18/h1-4,10,12,16,18H,5-9H2,(H,17,19). The van der Waals surface area contributed by atoms with Gasteiger partial charge in [-0.2, -0.15) is 0 Å². The minimum absolute atomic E-state index is 0.0450. The number of aliphatic hydroxyl groups is 1. The van der Waals surface area contributed by atoms with Crippen LogP contribution >= 0.6 is 27.7 Å². The minimum atomic E-state index is -0.343. The molecule has 0 bridgehead atoms. The van der Waals surface area contributed by atoms with E-state index >= 15 is 0 Å². The second kappa shape index (κ2) is 8.02. The van der Waals surface area contributed by atoms with E-state index in [1.807, 2.05) is 24.3 Å². The van der Waals surface area contributed by atoms with Crippen molar-refractivity contribution < 1.29 is 9.90 Å². The molecule has 1 heterocycles. The summed E-state index contributed by atoms with van der Waals surface area (Å²) in [6, 6.07) is 7.99. The molecule has 0 saturated carbocycles. The predicted molar refractivity (Wildman–Crippen MR) is 84.9 cm³/mol. The quantitative estimate of drug-likeness (QED) is 0.676. The number of β-amino-alcohol motifs (C(OH)–C–C–N with tert-alkyl or cyclic N) is 1. The van der Waals surface area contributed by atoms with Crippen molar-refractivity contribution in [2.45, 2.75) is 17.4 Å². The van der Waals surface area contributed by atoms with Crippen LogP contribution in [0.1, 0.15) is 6.42 Å². The zero-order valence-electron chi connectivity index (χ0n) is 11.1. The van der Waals surface area contributed by atoms with E-state index in [-0.39, 0.29) is 17.9 Å². The molecule has 1 saturated heterocycles. The average Bonchev–Trinajstić information content (AvgIpc) is 2.84. The molecular weight excluding hydrogens is 340 g/mol. The van der Waals surface area contributed by atoms with Crippen LogP contribution in [0, 0.1) is 5.92 Å². The molecule has 110 valence electrons. The fourth-order valence-electron chi connectivity index (χ4n) is 2.08. The van der Waals surface area contributed by atoms with E-state index in [4.69, 9.17) is 0 Å². The van der Waals surface area contributed by atoms with Crippen molar-refractivity contribution in [3.8, 4) is 0 Å². The number of halogens is 1. The number of hydrogen-bond acceptors (Lipinski definition) is 4. The smallest absolute Gasteiger partial charge is 0.220 e. The van der Waals surface area contributed by atoms with Crippen LogP contribution in [0.4, 0.5) is 0 Å². The van der Waals surface area contributed by atoms with E-state index in [0.717, 1.165) is 21.7 Å². The Kier molecular flexibility index (Phi) is 6.35. The molecule has 0 spiro atoms. The number of amides is 1. The maximum absolute atomic E-state index is 11.7. The molecule has 2 rings (SSSR count). The number of aliphatic hydroxyl groups excluding tert-OH is 1. The lowest BCUT2D eigenvalue weighted by molar-refractivity contribution is -0.120. The highest BCUT2D eigenvalue weighted by Crippen LogP contribution is 2.27. The largest absolute Gasteiger partial charge is 0.391 e. The van der Waals surface area contributed by atoms with Crippen LogP contribution < -0.4 is 10.6 Å². The van der Waals surface area contributed by atoms with Crippen molar-refractivity contribution in [3.63, 3.8) is 0 Å². The summed E-state index contributed by atoms with van der Waals surface area (Å²) in [5.74, 6) is 0.929. The highest BCUT2D eigenvalue weighted by atomic mass is 79.9. The van der Waals surface area contributed by atoms with E-state index in [0.29, 0.717) is 19.5 Å². The monoisotopic (exact) mass is 358 g/mol. The van der Waals surface area contributed by atoms with Crippen molar-refractivity contribution in [1.82, 2.24) is 10.6 Å². The lowest BCUT2D eigenvalue weighted by Gasteiger charge is -2.14. The summed E-state index contributed by atoms with van der Waals surface area (Å²) in [5.41, 5.74) is 0. The maximum atomic E-state index is 11.7. The van der Waals surface area contributed by atoms with E-state index in [1.54, 1.807) is 11.8 Å². The molecule has 1 amide bonds. The number of rotatable bonds is 6. The number of benzene rings is 1. The van der Waals surface area contributed by atoms with Crippen molar-refractivity contribution in [1.29, 1.82) is 0 Å². The highest BCUT2D eigenvalue weighted by Gasteiger charge is 2.24. The zero-order valence-corrected chi connectivity index (χ0v) is 13.5. The Balaban J connectivity index is 1.64. The predicted octanol–water partition coefficient (Wildman–Crippen LogP) is 1.63. The van der Waals surface area contributed by atoms with Gasteiger partial charge in [-0.3, -0.25) is 4.79 Å². The summed E-state index contributed by atoms with van der Waals surface area (Å²) >= 11 is 5.15. The third-order valence-electron chi connectivity index (χ3n) is 3.29. The topological polar surface area (TPSA) is 61.4 Å². The summed E-state index contributed by atoms with van der Waals surface area (Å²) < 4.78 is 1.06. The van der Waals surface area contributed by atoms with Gasteiger partial charge in [0.05, 0.1) is 6.10 Å². The van der Waals surface area contributed by atoms with Gasteiger partial charge in [0.25, 0.3) is 0 Å². The van der Waals surface area contributed by atoms with Crippen LogP contribution in [0.2, 0.25) is 0 Å². The van der Waals surface area contributed by atoms with E-state index in [1.165, 1.54) is 0 Å². The SMILES string of the molecule is O=C(CCSc1ccccc1Br)NCC1CNCC1O. The molecule has 1 aromatic rings. The van der Waals surface area contributed by atoms with Crippen LogP contribution in [-0.4, -0.2) is 42.5 Å². The average molecular weight is 359 g/mol.